The summed E-state index contributed by atoms with van der Waals surface area (Å²) in [4.78, 5) is 50.5. The number of hydrogen-bond acceptors (Lipinski definition) is 9. The first-order chi connectivity index (χ1) is 17.4. The third-order valence-electron chi connectivity index (χ3n) is 4.72. The Morgan fingerprint density at radius 2 is 1.13 bits per heavy atom. The molecule has 0 fully saturated rings. The van der Waals surface area contributed by atoms with Gasteiger partial charge in [-0.1, -0.05) is 78.1 Å². The number of rotatable bonds is 18. The van der Waals surface area contributed by atoms with E-state index in [1.54, 1.807) is 5.32 Å². The van der Waals surface area contributed by atoms with Gasteiger partial charge in [0.25, 0.3) is 16.9 Å². The molecule has 15 heteroatoms. The van der Waals surface area contributed by atoms with E-state index in [2.05, 4.69) is 32.1 Å². The molecule has 38 heavy (non-hydrogen) atoms. The van der Waals surface area contributed by atoms with Crippen molar-refractivity contribution in [3.63, 3.8) is 0 Å². The topological polar surface area (TPSA) is 222 Å². The molecule has 0 saturated heterocycles. The Morgan fingerprint density at radius 1 is 0.763 bits per heavy atom. The van der Waals surface area contributed by atoms with Gasteiger partial charge in [-0.15, -0.1) is 0 Å². The van der Waals surface area contributed by atoms with Crippen molar-refractivity contribution < 1.29 is 46.4 Å². The van der Waals surface area contributed by atoms with Gasteiger partial charge in [0.1, 0.15) is 0 Å². The Hall–Kier alpha value is -1.74. The van der Waals surface area contributed by atoms with Crippen LogP contribution in [0.4, 0.5) is 9.59 Å². The number of urea groups is 2. The molecule has 6 N–H and O–H groups in total. The summed E-state index contributed by atoms with van der Waals surface area (Å²) in [6.07, 6.45) is 11.3. The van der Waals surface area contributed by atoms with E-state index in [1.165, 1.54) is 6.42 Å². The molecule has 0 aliphatic rings. The number of esters is 2. The van der Waals surface area contributed by atoms with Gasteiger partial charge in [-0.2, -0.15) is 8.42 Å². The minimum absolute atomic E-state index is 0. The molecule has 0 aliphatic heterocycles. The monoisotopic (exact) mass is 577 g/mol. The second kappa shape index (κ2) is 29.8. The molecule has 0 aliphatic carbocycles. The van der Waals surface area contributed by atoms with E-state index < -0.39 is 45.8 Å². The van der Waals surface area contributed by atoms with Crippen molar-refractivity contribution in [1.29, 1.82) is 0 Å². The Labute approximate surface area is 248 Å². The summed E-state index contributed by atoms with van der Waals surface area (Å²) in [6.45, 7) is 9.00. The number of amides is 4. The van der Waals surface area contributed by atoms with Gasteiger partial charge >= 0.3 is 53.6 Å². The third kappa shape index (κ3) is 32.3. The van der Waals surface area contributed by atoms with Crippen LogP contribution >= 0.6 is 0 Å². The van der Waals surface area contributed by atoms with Gasteiger partial charge in [-0.25, -0.2) is 9.59 Å². The zero-order chi connectivity index (χ0) is 29.1. The first-order valence-corrected chi connectivity index (χ1v) is 13.8. The van der Waals surface area contributed by atoms with Crippen LogP contribution in [0.1, 0.15) is 97.3 Å². The van der Waals surface area contributed by atoms with E-state index in [4.69, 9.17) is 14.3 Å². The van der Waals surface area contributed by atoms with Gasteiger partial charge in [0.05, 0.1) is 19.6 Å². The van der Waals surface area contributed by atoms with Gasteiger partial charge < -0.3 is 20.9 Å². The number of imide groups is 1. The molecule has 0 heterocycles. The van der Waals surface area contributed by atoms with Crippen LogP contribution in [0.2, 0.25) is 0 Å². The summed E-state index contributed by atoms with van der Waals surface area (Å²) in [5.41, 5.74) is 8.88. The fourth-order valence-electron chi connectivity index (χ4n) is 2.86. The van der Waals surface area contributed by atoms with Crippen LogP contribution < -0.4 is 16.8 Å². The Kier molecular flexibility index (Phi) is 34.0. The number of unbranched alkanes of at least 4 members (excludes halogenated alkanes) is 10. The number of nitrogens with one attached hydrogen (secondary N) is 1. The molecular formula is C23H44N3NaO10S. The quantitative estimate of drug-likeness (QED) is 0.0803. The van der Waals surface area contributed by atoms with Crippen LogP contribution in [0, 0.1) is 0 Å². The molecule has 0 spiro atoms. The van der Waals surface area contributed by atoms with Crippen molar-refractivity contribution in [1.82, 2.24) is 5.32 Å². The summed E-state index contributed by atoms with van der Waals surface area (Å²) < 4.78 is 42.0. The molecule has 1 atom stereocenters. The normalized spacial score (nSPS) is 10.7. The van der Waals surface area contributed by atoms with Crippen molar-refractivity contribution in [2.75, 3.05) is 13.2 Å². The van der Waals surface area contributed by atoms with Crippen molar-refractivity contribution in [3.05, 3.63) is 0 Å². The third-order valence-corrected chi connectivity index (χ3v) is 5.80. The molecule has 0 saturated carbocycles. The molecule has 2 radical (unpaired) electrons. The van der Waals surface area contributed by atoms with Crippen LogP contribution in [0.3, 0.4) is 0 Å². The average Bonchev–Trinajstić information content (AvgIpc) is 2.81. The molecule has 1 unspecified atom stereocenters. The minimum atomic E-state index is -4.73. The number of nitrogens with two attached hydrogens (primary N) is 2. The second-order valence-corrected chi connectivity index (χ2v) is 9.58. The van der Waals surface area contributed by atoms with Crippen molar-refractivity contribution in [3.8, 4) is 0 Å². The number of hydrogen-bond donors (Lipinski definition) is 4. The van der Waals surface area contributed by atoms with E-state index in [0.29, 0.717) is 12.8 Å². The maximum absolute atomic E-state index is 12.0. The number of primary amides is 2. The predicted octanol–water partition coefficient (Wildman–Crippen LogP) is 2.13. The Morgan fingerprint density at radius 3 is 1.47 bits per heavy atom. The van der Waals surface area contributed by atoms with Crippen LogP contribution in [0.5, 0.6) is 0 Å². The van der Waals surface area contributed by atoms with Crippen molar-refractivity contribution in [2.24, 2.45) is 11.5 Å². The second-order valence-electron chi connectivity index (χ2n) is 7.98. The van der Waals surface area contributed by atoms with E-state index in [0.717, 1.165) is 57.8 Å². The molecule has 4 amide bonds. The molecule has 0 bridgehead atoms. The predicted molar refractivity (Wildman–Crippen MR) is 144 cm³/mol. The van der Waals surface area contributed by atoms with E-state index in [-0.39, 0.29) is 42.8 Å². The molecule has 0 aromatic rings. The fraction of sp³-hybridized carbons (Fsp3) is 0.783. The van der Waals surface area contributed by atoms with Crippen LogP contribution in [-0.2, 0) is 34.0 Å². The van der Waals surface area contributed by atoms with Gasteiger partial charge in [0.15, 0.2) is 5.25 Å². The van der Waals surface area contributed by atoms with E-state index >= 15 is 0 Å². The molecular weight excluding hydrogens is 533 g/mol. The Balaban J connectivity index is -0.000000497. The van der Waals surface area contributed by atoms with Crippen LogP contribution in [0.15, 0.2) is 0 Å². The first kappa shape index (κ1) is 43.3. The number of carbonyl (C=O) groups excluding carboxylic acids is 5. The molecule has 0 aromatic carbocycles. The van der Waals surface area contributed by atoms with Crippen LogP contribution in [-0.4, -0.2) is 91.8 Å². The van der Waals surface area contributed by atoms with E-state index in [9.17, 15) is 32.1 Å². The molecule has 218 valence electrons. The summed E-state index contributed by atoms with van der Waals surface area (Å²) in [7, 11) is -4.73. The number of carbonyl (C=O) groups is 4. The summed E-state index contributed by atoms with van der Waals surface area (Å²) in [5, 5.41) is -0.343. The summed E-state index contributed by atoms with van der Waals surface area (Å²) >= 11 is 0. The summed E-state index contributed by atoms with van der Waals surface area (Å²) in [5.74, 6) is -1.93. The maximum atomic E-state index is 12.0. The fourth-order valence-corrected chi connectivity index (χ4v) is 3.52. The molecule has 0 aromatic heterocycles. The van der Waals surface area contributed by atoms with Crippen molar-refractivity contribution in [2.45, 2.75) is 103 Å². The van der Waals surface area contributed by atoms with Gasteiger partial charge in [-0.3, -0.25) is 24.3 Å². The van der Waals surface area contributed by atoms with Crippen molar-refractivity contribution >= 4 is 70.5 Å². The molecule has 0 rings (SSSR count). The Bertz CT molecular complexity index is 727. The standard InChI is InChI=1S/C20H38O7S.C2H5N3O2.CO.Na.H/c1-3-5-7-9-11-13-15-26-19(21)17-18(28(23,24)25)20(22)27-16-14-12-10-8-6-4-2;3-1(6)5-2(4)7;1-2;;/h18H,3-17H2,1-2H3,(H,23,24,25);(H5,3,4,5,6,7);;;. The zero-order valence-electron chi connectivity index (χ0n) is 21.9. The van der Waals surface area contributed by atoms with Crippen LogP contribution in [0.25, 0.3) is 0 Å². The average molecular weight is 578 g/mol. The molecule has 13 nitrogen and oxygen atoms in total. The first-order valence-electron chi connectivity index (χ1n) is 12.3. The van der Waals surface area contributed by atoms with Gasteiger partial charge in [-0.05, 0) is 12.8 Å². The summed E-state index contributed by atoms with van der Waals surface area (Å²) in [6, 6.07) is -1.88. The van der Waals surface area contributed by atoms with E-state index in [1.807, 2.05) is 0 Å². The van der Waals surface area contributed by atoms with Gasteiger partial charge in [0, 0.05) is 0 Å². The SMILES string of the molecule is CCCCCCCCOC(=O)CC(C(=O)OCCCCCCCC)S(=O)(=O)O.NC(=O)NC(N)=O.[C]=O.[NaH]. The zero-order valence-corrected chi connectivity index (χ0v) is 22.7. The number of ether oxygens (including phenoxy) is 2. The van der Waals surface area contributed by atoms with Gasteiger partial charge in [0.2, 0.25) is 0 Å².